The molecule has 118 valence electrons. The summed E-state index contributed by atoms with van der Waals surface area (Å²) < 4.78 is 42.1. The molecule has 2 rings (SSSR count). The minimum Gasteiger partial charge on any atom is -0.432 e. The fraction of sp³-hybridized carbons (Fsp3) is 0.571. The Hall–Kier alpha value is -1.63. The van der Waals surface area contributed by atoms with Gasteiger partial charge < -0.3 is 20.7 Å². The Morgan fingerprint density at radius 1 is 1.43 bits per heavy atom. The molecule has 0 aliphatic carbocycles. The third kappa shape index (κ3) is 3.93. The summed E-state index contributed by atoms with van der Waals surface area (Å²) in [7, 11) is 2.06. The molecule has 1 saturated heterocycles. The Bertz CT molecular complexity index is 499. The van der Waals surface area contributed by atoms with E-state index in [1.54, 1.807) is 0 Å². The van der Waals surface area contributed by atoms with Gasteiger partial charge in [0.05, 0.1) is 11.4 Å². The molecule has 0 spiro atoms. The van der Waals surface area contributed by atoms with Crippen molar-refractivity contribution in [2.24, 2.45) is 0 Å². The van der Waals surface area contributed by atoms with Crippen LogP contribution in [0.3, 0.4) is 0 Å². The Kier molecular flexibility index (Phi) is 4.82. The van der Waals surface area contributed by atoms with Crippen molar-refractivity contribution in [1.82, 2.24) is 4.90 Å². The first-order valence-electron chi connectivity index (χ1n) is 6.87. The van der Waals surface area contributed by atoms with Gasteiger partial charge in [0, 0.05) is 30.8 Å². The van der Waals surface area contributed by atoms with Crippen LogP contribution in [-0.4, -0.2) is 37.2 Å². The number of hydrogen-bond donors (Lipinski definition) is 2. The second-order valence-corrected chi connectivity index (χ2v) is 5.44. The van der Waals surface area contributed by atoms with E-state index in [2.05, 4.69) is 28.9 Å². The third-order valence-electron chi connectivity index (χ3n) is 3.89. The number of piperidine rings is 1. The zero-order chi connectivity index (χ0) is 15.6. The highest BCUT2D eigenvalue weighted by Crippen LogP contribution is 2.31. The van der Waals surface area contributed by atoms with Gasteiger partial charge in [0.2, 0.25) is 0 Å². The van der Waals surface area contributed by atoms with Crippen molar-refractivity contribution in [2.75, 3.05) is 24.6 Å². The number of nitrogen functional groups attached to an aromatic ring is 1. The Balaban J connectivity index is 2.12. The van der Waals surface area contributed by atoms with E-state index in [1.165, 1.54) is 6.07 Å². The van der Waals surface area contributed by atoms with Gasteiger partial charge in [-0.05, 0) is 26.8 Å². The predicted octanol–water partition coefficient (Wildman–Crippen LogP) is 2.90. The van der Waals surface area contributed by atoms with Crippen LogP contribution in [0.25, 0.3) is 0 Å². The largest absolute Gasteiger partial charge is 0.432 e. The van der Waals surface area contributed by atoms with Gasteiger partial charge in [-0.3, -0.25) is 0 Å². The lowest BCUT2D eigenvalue weighted by Gasteiger charge is -2.36. The fourth-order valence-corrected chi connectivity index (χ4v) is 2.52. The van der Waals surface area contributed by atoms with Crippen LogP contribution < -0.4 is 15.8 Å². The Labute approximate surface area is 122 Å². The Morgan fingerprint density at radius 2 is 2.14 bits per heavy atom. The number of ether oxygens (including phenoxy) is 1. The zero-order valence-electron chi connectivity index (χ0n) is 12.1. The van der Waals surface area contributed by atoms with Crippen molar-refractivity contribution in [1.29, 1.82) is 0 Å². The summed E-state index contributed by atoms with van der Waals surface area (Å²) in [6.07, 6.45) is 1.81. The molecular weight excluding hydrogens is 283 g/mol. The van der Waals surface area contributed by atoms with Gasteiger partial charge in [0.1, 0.15) is 0 Å². The topological polar surface area (TPSA) is 50.5 Å². The normalized spacial score (nSPS) is 23.3. The van der Waals surface area contributed by atoms with Gasteiger partial charge >= 0.3 is 6.61 Å². The minimum atomic E-state index is -3.07. The number of alkyl halides is 2. The minimum absolute atomic E-state index is 0.170. The molecule has 0 aromatic heterocycles. The summed E-state index contributed by atoms with van der Waals surface area (Å²) in [4.78, 5) is 2.25. The summed E-state index contributed by atoms with van der Waals surface area (Å²) in [6, 6.07) is 2.77. The number of nitrogens with one attached hydrogen (secondary N) is 1. The highest BCUT2D eigenvalue weighted by molar-refractivity contribution is 5.69. The molecular formula is C14H20F3N3O. The van der Waals surface area contributed by atoms with Crippen molar-refractivity contribution >= 4 is 11.4 Å². The standard InChI is InChI=1S/C14H20F3N3O/c1-8-5-9(3-4-20(8)2)19-12-7-13(21-14(16)17)10(15)6-11(12)18/h6-9,14,19H,3-5,18H2,1-2H3. The lowest BCUT2D eigenvalue weighted by Crippen LogP contribution is -2.42. The molecule has 4 nitrogen and oxygen atoms in total. The van der Waals surface area contributed by atoms with Crippen LogP contribution in [-0.2, 0) is 0 Å². The number of rotatable bonds is 4. The number of halogens is 3. The summed E-state index contributed by atoms with van der Waals surface area (Å²) in [5.74, 6) is -1.39. The van der Waals surface area contributed by atoms with Crippen LogP contribution in [0.5, 0.6) is 5.75 Å². The van der Waals surface area contributed by atoms with E-state index in [9.17, 15) is 13.2 Å². The third-order valence-corrected chi connectivity index (χ3v) is 3.89. The van der Waals surface area contributed by atoms with Crippen molar-refractivity contribution in [3.05, 3.63) is 17.9 Å². The van der Waals surface area contributed by atoms with Crippen molar-refractivity contribution in [2.45, 2.75) is 38.5 Å². The number of likely N-dealkylation sites (tertiary alicyclic amines) is 1. The van der Waals surface area contributed by atoms with Crippen LogP contribution in [0.15, 0.2) is 12.1 Å². The lowest BCUT2D eigenvalue weighted by atomic mass is 9.98. The van der Waals surface area contributed by atoms with E-state index in [1.807, 2.05) is 0 Å². The van der Waals surface area contributed by atoms with E-state index < -0.39 is 18.2 Å². The van der Waals surface area contributed by atoms with Gasteiger partial charge in [-0.25, -0.2) is 4.39 Å². The molecule has 1 fully saturated rings. The second-order valence-electron chi connectivity index (χ2n) is 5.44. The van der Waals surface area contributed by atoms with E-state index in [0.717, 1.165) is 25.5 Å². The van der Waals surface area contributed by atoms with Crippen molar-refractivity contribution in [3.8, 4) is 5.75 Å². The molecule has 1 aliphatic rings. The highest BCUT2D eigenvalue weighted by Gasteiger charge is 2.23. The maximum Gasteiger partial charge on any atom is 0.387 e. The molecule has 1 heterocycles. The van der Waals surface area contributed by atoms with E-state index in [-0.39, 0.29) is 11.7 Å². The maximum absolute atomic E-state index is 13.5. The molecule has 3 N–H and O–H groups in total. The molecule has 0 saturated carbocycles. The molecule has 0 bridgehead atoms. The van der Waals surface area contributed by atoms with E-state index >= 15 is 0 Å². The Morgan fingerprint density at radius 3 is 2.76 bits per heavy atom. The number of anilines is 2. The highest BCUT2D eigenvalue weighted by atomic mass is 19.3. The number of hydrogen-bond acceptors (Lipinski definition) is 4. The predicted molar refractivity (Wildman–Crippen MR) is 76.2 cm³/mol. The smallest absolute Gasteiger partial charge is 0.387 e. The monoisotopic (exact) mass is 303 g/mol. The quantitative estimate of drug-likeness (QED) is 0.840. The lowest BCUT2D eigenvalue weighted by molar-refractivity contribution is -0.0521. The van der Waals surface area contributed by atoms with Gasteiger partial charge in [-0.2, -0.15) is 8.78 Å². The summed E-state index contributed by atoms with van der Waals surface area (Å²) in [5, 5.41) is 3.20. The first-order chi connectivity index (χ1) is 9.86. The average molecular weight is 303 g/mol. The van der Waals surface area contributed by atoms with Crippen LogP contribution in [0.2, 0.25) is 0 Å². The average Bonchev–Trinajstić information content (AvgIpc) is 2.39. The zero-order valence-corrected chi connectivity index (χ0v) is 12.1. The molecule has 2 atom stereocenters. The summed E-state index contributed by atoms with van der Waals surface area (Å²) in [5.41, 5.74) is 6.35. The van der Waals surface area contributed by atoms with Crippen LogP contribution in [0.1, 0.15) is 19.8 Å². The molecule has 0 amide bonds. The first-order valence-corrected chi connectivity index (χ1v) is 6.87. The number of nitrogens with zero attached hydrogens (tertiary/aromatic N) is 1. The fourth-order valence-electron chi connectivity index (χ4n) is 2.52. The molecule has 7 heteroatoms. The van der Waals surface area contributed by atoms with Crippen LogP contribution >= 0.6 is 0 Å². The van der Waals surface area contributed by atoms with Gasteiger partial charge in [0.25, 0.3) is 0 Å². The van der Waals surface area contributed by atoms with Crippen LogP contribution in [0.4, 0.5) is 24.5 Å². The molecule has 21 heavy (non-hydrogen) atoms. The van der Waals surface area contributed by atoms with Crippen molar-refractivity contribution < 1.29 is 17.9 Å². The van der Waals surface area contributed by atoms with E-state index in [0.29, 0.717) is 11.7 Å². The summed E-state index contributed by atoms with van der Waals surface area (Å²) in [6.45, 7) is -0.0209. The van der Waals surface area contributed by atoms with Crippen LogP contribution in [0, 0.1) is 5.82 Å². The molecule has 0 radical (unpaired) electrons. The molecule has 1 aromatic carbocycles. The SMILES string of the molecule is CC1CC(Nc2cc(OC(F)F)c(F)cc2N)CCN1C. The molecule has 1 aliphatic heterocycles. The molecule has 1 aromatic rings. The maximum atomic E-state index is 13.5. The first kappa shape index (κ1) is 15.8. The second kappa shape index (κ2) is 6.43. The van der Waals surface area contributed by atoms with Gasteiger partial charge in [-0.15, -0.1) is 0 Å². The van der Waals surface area contributed by atoms with Crippen molar-refractivity contribution in [3.63, 3.8) is 0 Å². The summed E-state index contributed by atoms with van der Waals surface area (Å²) >= 11 is 0. The number of nitrogens with two attached hydrogens (primary N) is 1. The van der Waals surface area contributed by atoms with Gasteiger partial charge in [-0.1, -0.05) is 0 Å². The van der Waals surface area contributed by atoms with Gasteiger partial charge in [0.15, 0.2) is 11.6 Å². The van der Waals surface area contributed by atoms with E-state index in [4.69, 9.17) is 5.73 Å². The molecule has 2 unspecified atom stereocenters. The number of benzene rings is 1.